The smallest absolute Gasteiger partial charge is 0.262 e. The molecule has 0 N–H and O–H groups in total. The Balaban J connectivity index is 1.58. The molecule has 2 aromatic carbocycles. The molecule has 0 amide bonds. The van der Waals surface area contributed by atoms with Crippen LogP contribution in [0, 0.1) is 0 Å². The van der Waals surface area contributed by atoms with E-state index in [0.717, 1.165) is 34.8 Å². The van der Waals surface area contributed by atoms with Gasteiger partial charge in [-0.3, -0.25) is 14.0 Å². The molecule has 6 heteroatoms. The predicted octanol–water partition coefficient (Wildman–Crippen LogP) is 3.90. The molecule has 2 heterocycles. The van der Waals surface area contributed by atoms with Crippen molar-refractivity contribution in [3.8, 4) is 0 Å². The first-order valence-electron chi connectivity index (χ1n) is 9.34. The Kier molecular flexibility index (Phi) is 5.58. The molecular weight excluding hydrogens is 368 g/mol. The Morgan fingerprint density at radius 1 is 1.00 bits per heavy atom. The lowest BCUT2D eigenvalue weighted by Crippen LogP contribution is -2.24. The van der Waals surface area contributed by atoms with E-state index in [9.17, 15) is 4.79 Å². The summed E-state index contributed by atoms with van der Waals surface area (Å²) >= 11 is 1.65. The van der Waals surface area contributed by atoms with Gasteiger partial charge >= 0.3 is 0 Å². The second kappa shape index (κ2) is 8.44. The SMILES string of the molecule is Cn1cc(CCCSc2nc3ccccc3c(=O)n2Cc2ccccc2)cn1. The highest BCUT2D eigenvalue weighted by Crippen LogP contribution is 2.20. The Labute approximate surface area is 168 Å². The van der Waals surface area contributed by atoms with Crippen LogP contribution in [-0.2, 0) is 20.0 Å². The molecule has 0 saturated carbocycles. The Bertz CT molecular complexity index is 1130. The average molecular weight is 391 g/mol. The molecule has 142 valence electrons. The van der Waals surface area contributed by atoms with Crippen LogP contribution in [0.15, 0.2) is 76.9 Å². The number of thioether (sulfide) groups is 1. The monoisotopic (exact) mass is 390 g/mol. The lowest BCUT2D eigenvalue weighted by molar-refractivity contribution is 0.657. The Morgan fingerprint density at radius 2 is 1.79 bits per heavy atom. The van der Waals surface area contributed by atoms with Gasteiger partial charge in [0.1, 0.15) is 0 Å². The third-order valence-electron chi connectivity index (χ3n) is 4.61. The normalized spacial score (nSPS) is 11.2. The van der Waals surface area contributed by atoms with Crippen LogP contribution in [0.4, 0.5) is 0 Å². The van der Waals surface area contributed by atoms with Crippen LogP contribution in [0.1, 0.15) is 17.5 Å². The van der Waals surface area contributed by atoms with Crippen LogP contribution in [0.5, 0.6) is 0 Å². The molecule has 0 atom stereocenters. The first-order chi connectivity index (χ1) is 13.7. The van der Waals surface area contributed by atoms with E-state index in [1.165, 1.54) is 5.56 Å². The van der Waals surface area contributed by atoms with Gasteiger partial charge in [0, 0.05) is 19.0 Å². The van der Waals surface area contributed by atoms with Crippen LogP contribution < -0.4 is 5.56 Å². The first kappa shape index (κ1) is 18.5. The van der Waals surface area contributed by atoms with Gasteiger partial charge in [0.15, 0.2) is 5.16 Å². The molecule has 0 saturated heterocycles. The summed E-state index contributed by atoms with van der Waals surface area (Å²) in [5.41, 5.74) is 3.10. The van der Waals surface area contributed by atoms with Crippen LogP contribution in [0.2, 0.25) is 0 Å². The highest BCUT2D eigenvalue weighted by molar-refractivity contribution is 7.99. The minimum atomic E-state index is 0.0178. The Morgan fingerprint density at radius 3 is 2.57 bits per heavy atom. The van der Waals surface area contributed by atoms with Crippen molar-refractivity contribution in [2.45, 2.75) is 24.5 Å². The molecule has 2 aromatic heterocycles. The van der Waals surface area contributed by atoms with E-state index in [1.54, 1.807) is 16.3 Å². The first-order valence-corrected chi connectivity index (χ1v) is 10.3. The van der Waals surface area contributed by atoms with E-state index in [-0.39, 0.29) is 5.56 Å². The summed E-state index contributed by atoms with van der Waals surface area (Å²) in [6, 6.07) is 17.6. The number of aryl methyl sites for hydroxylation is 2. The number of fused-ring (bicyclic) bond motifs is 1. The van der Waals surface area contributed by atoms with Crippen molar-refractivity contribution < 1.29 is 0 Å². The molecule has 0 spiro atoms. The van der Waals surface area contributed by atoms with Crippen LogP contribution in [0.25, 0.3) is 10.9 Å². The number of para-hydroxylation sites is 1. The van der Waals surface area contributed by atoms with Gasteiger partial charge in [0.2, 0.25) is 0 Å². The van der Waals surface area contributed by atoms with Crippen molar-refractivity contribution in [1.29, 1.82) is 0 Å². The molecule has 4 aromatic rings. The molecule has 28 heavy (non-hydrogen) atoms. The maximum Gasteiger partial charge on any atom is 0.262 e. The summed E-state index contributed by atoms with van der Waals surface area (Å²) in [5.74, 6) is 0.897. The summed E-state index contributed by atoms with van der Waals surface area (Å²) in [4.78, 5) is 17.9. The number of benzene rings is 2. The molecule has 0 bridgehead atoms. The number of hydrogen-bond acceptors (Lipinski definition) is 4. The highest BCUT2D eigenvalue weighted by Gasteiger charge is 2.12. The number of hydrogen-bond donors (Lipinski definition) is 0. The van der Waals surface area contributed by atoms with E-state index in [2.05, 4.69) is 5.10 Å². The zero-order valence-electron chi connectivity index (χ0n) is 15.8. The predicted molar refractivity (Wildman–Crippen MR) is 114 cm³/mol. The fourth-order valence-corrected chi connectivity index (χ4v) is 4.14. The molecule has 0 fully saturated rings. The van der Waals surface area contributed by atoms with E-state index in [1.807, 2.05) is 78.7 Å². The quantitative estimate of drug-likeness (QED) is 0.273. The van der Waals surface area contributed by atoms with Crippen molar-refractivity contribution in [2.24, 2.45) is 7.05 Å². The molecule has 0 radical (unpaired) electrons. The topological polar surface area (TPSA) is 52.7 Å². The third-order valence-corrected chi connectivity index (χ3v) is 5.67. The van der Waals surface area contributed by atoms with Crippen molar-refractivity contribution in [2.75, 3.05) is 5.75 Å². The largest absolute Gasteiger partial charge is 0.283 e. The van der Waals surface area contributed by atoms with Gasteiger partial charge in [-0.1, -0.05) is 54.2 Å². The van der Waals surface area contributed by atoms with Crippen molar-refractivity contribution in [1.82, 2.24) is 19.3 Å². The lowest BCUT2D eigenvalue weighted by Gasteiger charge is -2.13. The van der Waals surface area contributed by atoms with Crippen LogP contribution >= 0.6 is 11.8 Å². The van der Waals surface area contributed by atoms with Crippen molar-refractivity contribution >= 4 is 22.7 Å². The van der Waals surface area contributed by atoms with Gasteiger partial charge in [0.05, 0.1) is 23.6 Å². The summed E-state index contributed by atoms with van der Waals surface area (Å²) in [7, 11) is 1.93. The van der Waals surface area contributed by atoms with Crippen molar-refractivity contribution in [3.63, 3.8) is 0 Å². The van der Waals surface area contributed by atoms with E-state index >= 15 is 0 Å². The minimum absolute atomic E-state index is 0.0178. The fourth-order valence-electron chi connectivity index (χ4n) is 3.20. The van der Waals surface area contributed by atoms with E-state index < -0.39 is 0 Å². The van der Waals surface area contributed by atoms with E-state index in [0.29, 0.717) is 11.9 Å². The van der Waals surface area contributed by atoms with E-state index in [4.69, 9.17) is 4.98 Å². The summed E-state index contributed by atoms with van der Waals surface area (Å²) < 4.78 is 3.62. The minimum Gasteiger partial charge on any atom is -0.283 e. The number of nitrogens with zero attached hydrogens (tertiary/aromatic N) is 4. The van der Waals surface area contributed by atoms with Gasteiger partial charge in [0.25, 0.3) is 5.56 Å². The molecule has 0 unspecified atom stereocenters. The molecule has 0 aliphatic heterocycles. The summed E-state index contributed by atoms with van der Waals surface area (Å²) in [6.07, 6.45) is 5.93. The van der Waals surface area contributed by atoms with Gasteiger partial charge in [-0.15, -0.1) is 0 Å². The molecule has 0 aliphatic carbocycles. The lowest BCUT2D eigenvalue weighted by atomic mass is 10.2. The molecule has 4 rings (SSSR count). The number of aromatic nitrogens is 4. The third kappa shape index (κ3) is 4.17. The molecule has 0 aliphatic rings. The zero-order chi connectivity index (χ0) is 19.3. The fraction of sp³-hybridized carbons (Fsp3) is 0.227. The van der Waals surface area contributed by atoms with Gasteiger partial charge in [-0.25, -0.2) is 4.98 Å². The standard InChI is InChI=1S/C22H22N4OS/c1-25-15-18(14-23-25)10-7-13-28-22-24-20-12-6-5-11-19(20)21(27)26(22)16-17-8-3-2-4-9-17/h2-6,8-9,11-12,14-15H,7,10,13,16H2,1H3. The van der Waals surface area contributed by atoms with Crippen LogP contribution in [0.3, 0.4) is 0 Å². The van der Waals surface area contributed by atoms with Gasteiger partial charge in [-0.05, 0) is 36.1 Å². The maximum absolute atomic E-state index is 13.1. The van der Waals surface area contributed by atoms with Gasteiger partial charge in [-0.2, -0.15) is 5.10 Å². The summed E-state index contributed by atoms with van der Waals surface area (Å²) in [5, 5.41) is 5.65. The maximum atomic E-state index is 13.1. The zero-order valence-corrected chi connectivity index (χ0v) is 16.6. The van der Waals surface area contributed by atoms with Gasteiger partial charge < -0.3 is 0 Å². The second-order valence-electron chi connectivity index (χ2n) is 6.76. The molecule has 5 nitrogen and oxygen atoms in total. The summed E-state index contributed by atoms with van der Waals surface area (Å²) in [6.45, 7) is 0.530. The second-order valence-corrected chi connectivity index (χ2v) is 7.82. The Hall–Kier alpha value is -2.86. The number of rotatable bonds is 7. The highest BCUT2D eigenvalue weighted by atomic mass is 32.2. The molecular formula is C22H22N4OS. The van der Waals surface area contributed by atoms with Crippen LogP contribution in [-0.4, -0.2) is 25.1 Å². The average Bonchev–Trinajstić information content (AvgIpc) is 3.14. The van der Waals surface area contributed by atoms with Crippen molar-refractivity contribution in [3.05, 3.63) is 88.5 Å².